The number of methoxy groups -OCH3 is 1. The number of nitrogens with one attached hydrogen (secondary N) is 1. The van der Waals surface area contributed by atoms with E-state index in [4.69, 9.17) is 4.74 Å². The highest BCUT2D eigenvalue weighted by atomic mass is 32.2. The Morgan fingerprint density at radius 1 is 1.22 bits per heavy atom. The molecule has 2 rings (SSSR count). The molecule has 0 aromatic heterocycles. The van der Waals surface area contributed by atoms with E-state index in [0.717, 1.165) is 27.6 Å². The van der Waals surface area contributed by atoms with Crippen molar-refractivity contribution in [1.82, 2.24) is 0 Å². The molecular weight excluding hydrogens is 326 g/mol. The number of ether oxygens (including phenoxy) is 1. The molecule has 3 nitrogen and oxygen atoms in total. The van der Waals surface area contributed by atoms with Crippen molar-refractivity contribution >= 4 is 35.1 Å². The quantitative estimate of drug-likeness (QED) is 0.743. The molecule has 0 aliphatic heterocycles. The molecule has 23 heavy (non-hydrogen) atoms. The second-order valence-corrected chi connectivity index (χ2v) is 6.95. The van der Waals surface area contributed by atoms with Gasteiger partial charge in [-0.25, -0.2) is 0 Å². The van der Waals surface area contributed by atoms with Crippen LogP contribution in [0, 0.1) is 6.92 Å². The van der Waals surface area contributed by atoms with Crippen molar-refractivity contribution in [2.75, 3.05) is 24.4 Å². The average Bonchev–Trinajstić information content (AvgIpc) is 2.55. The van der Waals surface area contributed by atoms with Crippen LogP contribution in [0.2, 0.25) is 0 Å². The molecule has 0 unspecified atom stereocenters. The normalized spacial score (nSPS) is 10.4. The Morgan fingerprint density at radius 2 is 2.04 bits per heavy atom. The highest BCUT2D eigenvalue weighted by molar-refractivity contribution is 7.99. The molecule has 1 amide bonds. The van der Waals surface area contributed by atoms with Crippen LogP contribution < -0.4 is 10.1 Å². The SMILES string of the molecule is COc1ccc(C)cc1CSCC(=O)Nc1cccc(SC)c1. The summed E-state index contributed by atoms with van der Waals surface area (Å²) in [7, 11) is 1.67. The summed E-state index contributed by atoms with van der Waals surface area (Å²) in [5, 5.41) is 2.94. The van der Waals surface area contributed by atoms with Gasteiger partial charge < -0.3 is 10.1 Å². The third kappa shape index (κ3) is 5.52. The molecule has 2 aromatic rings. The molecule has 0 aliphatic rings. The molecule has 2 aromatic carbocycles. The molecular formula is C18H21NO2S2. The molecule has 0 radical (unpaired) electrons. The standard InChI is InChI=1S/C18H21NO2S2/c1-13-7-8-17(21-2)14(9-13)11-23-12-18(20)19-15-5-4-6-16(10-15)22-3/h4-10H,11-12H2,1-3H3,(H,19,20). The van der Waals surface area contributed by atoms with E-state index in [1.165, 1.54) is 5.56 Å². The summed E-state index contributed by atoms with van der Waals surface area (Å²) in [6, 6.07) is 14.0. The van der Waals surface area contributed by atoms with Gasteiger partial charge in [-0.15, -0.1) is 23.5 Å². The number of benzene rings is 2. The van der Waals surface area contributed by atoms with Crippen molar-refractivity contribution in [3.63, 3.8) is 0 Å². The van der Waals surface area contributed by atoms with Crippen molar-refractivity contribution in [2.45, 2.75) is 17.6 Å². The second kappa shape index (κ2) is 8.89. The van der Waals surface area contributed by atoms with E-state index in [0.29, 0.717) is 5.75 Å². The molecule has 1 N–H and O–H groups in total. The first-order valence-corrected chi connectivity index (χ1v) is 9.65. The maximum atomic E-state index is 12.1. The molecule has 0 atom stereocenters. The summed E-state index contributed by atoms with van der Waals surface area (Å²) in [5.74, 6) is 2.06. The summed E-state index contributed by atoms with van der Waals surface area (Å²) in [5.41, 5.74) is 3.16. The van der Waals surface area contributed by atoms with Crippen molar-refractivity contribution in [3.8, 4) is 5.75 Å². The Bertz CT molecular complexity index is 674. The molecule has 0 bridgehead atoms. The van der Waals surface area contributed by atoms with E-state index in [1.807, 2.05) is 42.7 Å². The average molecular weight is 348 g/mol. The number of carbonyl (C=O) groups is 1. The zero-order valence-corrected chi connectivity index (χ0v) is 15.2. The number of carbonyl (C=O) groups excluding carboxylic acids is 1. The van der Waals surface area contributed by atoms with Gasteiger partial charge in [0, 0.05) is 21.9 Å². The topological polar surface area (TPSA) is 38.3 Å². The van der Waals surface area contributed by atoms with Gasteiger partial charge in [-0.1, -0.05) is 23.8 Å². The zero-order chi connectivity index (χ0) is 16.7. The molecule has 0 saturated carbocycles. The van der Waals surface area contributed by atoms with Gasteiger partial charge in [0.2, 0.25) is 5.91 Å². The minimum absolute atomic E-state index is 0.0138. The van der Waals surface area contributed by atoms with Gasteiger partial charge in [-0.2, -0.15) is 0 Å². The third-order valence-corrected chi connectivity index (χ3v) is 4.99. The van der Waals surface area contributed by atoms with Gasteiger partial charge >= 0.3 is 0 Å². The van der Waals surface area contributed by atoms with E-state index in [2.05, 4.69) is 18.3 Å². The Hall–Kier alpha value is -1.59. The third-order valence-electron chi connectivity index (χ3n) is 3.28. The van der Waals surface area contributed by atoms with Crippen LogP contribution in [-0.2, 0) is 10.5 Å². The summed E-state index contributed by atoms with van der Waals surface area (Å²) in [6.07, 6.45) is 2.02. The fraction of sp³-hybridized carbons (Fsp3) is 0.278. The van der Waals surface area contributed by atoms with E-state index < -0.39 is 0 Å². The lowest BCUT2D eigenvalue weighted by Gasteiger charge is -2.10. The molecule has 122 valence electrons. The fourth-order valence-corrected chi connectivity index (χ4v) is 3.44. The first-order chi connectivity index (χ1) is 11.1. The Morgan fingerprint density at radius 3 is 2.78 bits per heavy atom. The zero-order valence-electron chi connectivity index (χ0n) is 13.6. The number of amides is 1. The van der Waals surface area contributed by atoms with Gasteiger partial charge in [0.25, 0.3) is 0 Å². The second-order valence-electron chi connectivity index (χ2n) is 5.09. The number of thioether (sulfide) groups is 2. The number of rotatable bonds is 7. The van der Waals surface area contributed by atoms with Crippen molar-refractivity contribution in [2.24, 2.45) is 0 Å². The van der Waals surface area contributed by atoms with Crippen LogP contribution in [0.5, 0.6) is 5.75 Å². The van der Waals surface area contributed by atoms with Gasteiger partial charge in [-0.3, -0.25) is 4.79 Å². The van der Waals surface area contributed by atoms with Gasteiger partial charge in [0.05, 0.1) is 12.9 Å². The van der Waals surface area contributed by atoms with Gasteiger partial charge in [0.15, 0.2) is 0 Å². The first-order valence-electron chi connectivity index (χ1n) is 7.27. The first kappa shape index (κ1) is 17.8. The van der Waals surface area contributed by atoms with Crippen molar-refractivity contribution in [1.29, 1.82) is 0 Å². The van der Waals surface area contributed by atoms with Crippen LogP contribution in [-0.4, -0.2) is 25.0 Å². The van der Waals surface area contributed by atoms with E-state index >= 15 is 0 Å². The molecule has 0 fully saturated rings. The van der Waals surface area contributed by atoms with E-state index in [-0.39, 0.29) is 5.91 Å². The molecule has 0 saturated heterocycles. The monoisotopic (exact) mass is 347 g/mol. The van der Waals surface area contributed by atoms with Gasteiger partial charge in [0.1, 0.15) is 5.75 Å². The van der Waals surface area contributed by atoms with E-state index in [9.17, 15) is 4.79 Å². The van der Waals surface area contributed by atoms with E-state index in [1.54, 1.807) is 30.6 Å². The lowest BCUT2D eigenvalue weighted by Crippen LogP contribution is -2.14. The Kier molecular flexibility index (Phi) is 6.86. The molecule has 0 spiro atoms. The molecule has 5 heteroatoms. The Balaban J connectivity index is 1.86. The summed E-state index contributed by atoms with van der Waals surface area (Å²) < 4.78 is 5.36. The van der Waals surface area contributed by atoms with Crippen LogP contribution in [0.25, 0.3) is 0 Å². The van der Waals surface area contributed by atoms with Crippen LogP contribution in [0.3, 0.4) is 0 Å². The molecule has 0 heterocycles. The summed E-state index contributed by atoms with van der Waals surface area (Å²) in [4.78, 5) is 13.2. The highest BCUT2D eigenvalue weighted by Crippen LogP contribution is 2.24. The minimum Gasteiger partial charge on any atom is -0.496 e. The number of hydrogen-bond acceptors (Lipinski definition) is 4. The smallest absolute Gasteiger partial charge is 0.234 e. The van der Waals surface area contributed by atoms with Crippen LogP contribution >= 0.6 is 23.5 Å². The van der Waals surface area contributed by atoms with Crippen LogP contribution in [0.15, 0.2) is 47.4 Å². The largest absolute Gasteiger partial charge is 0.496 e. The maximum Gasteiger partial charge on any atom is 0.234 e. The summed E-state index contributed by atoms with van der Waals surface area (Å²) in [6.45, 7) is 2.05. The van der Waals surface area contributed by atoms with Crippen LogP contribution in [0.4, 0.5) is 5.69 Å². The van der Waals surface area contributed by atoms with Crippen molar-refractivity contribution in [3.05, 3.63) is 53.6 Å². The lowest BCUT2D eigenvalue weighted by molar-refractivity contribution is -0.113. The number of anilines is 1. The molecule has 0 aliphatic carbocycles. The predicted molar refractivity (Wildman–Crippen MR) is 101 cm³/mol. The predicted octanol–water partition coefficient (Wildman–Crippen LogP) is 4.60. The highest BCUT2D eigenvalue weighted by Gasteiger charge is 2.07. The van der Waals surface area contributed by atoms with Crippen molar-refractivity contribution < 1.29 is 9.53 Å². The fourth-order valence-electron chi connectivity index (χ4n) is 2.17. The number of aryl methyl sites for hydroxylation is 1. The Labute approximate surface area is 146 Å². The summed E-state index contributed by atoms with van der Waals surface area (Å²) >= 11 is 3.24. The lowest BCUT2D eigenvalue weighted by atomic mass is 10.1. The minimum atomic E-state index is 0.0138. The maximum absolute atomic E-state index is 12.1. The number of hydrogen-bond donors (Lipinski definition) is 1. The van der Waals surface area contributed by atoms with Crippen LogP contribution in [0.1, 0.15) is 11.1 Å². The van der Waals surface area contributed by atoms with Gasteiger partial charge in [-0.05, 0) is 37.4 Å².